The number of allylic oxidation sites excluding steroid dienone is 1. The van der Waals surface area contributed by atoms with E-state index in [0.717, 1.165) is 16.5 Å². The quantitative estimate of drug-likeness (QED) is 0.588. The Morgan fingerprint density at radius 2 is 1.83 bits per heavy atom. The van der Waals surface area contributed by atoms with Gasteiger partial charge in [-0.1, -0.05) is 12.1 Å². The molecule has 0 aliphatic heterocycles. The number of aromatic amines is 1. The molecule has 0 radical (unpaired) electrons. The smallest absolute Gasteiger partial charge is 0.255 e. The maximum absolute atomic E-state index is 12.2. The zero-order chi connectivity index (χ0) is 17.1. The van der Waals surface area contributed by atoms with E-state index in [9.17, 15) is 9.59 Å². The van der Waals surface area contributed by atoms with Crippen molar-refractivity contribution in [3.05, 3.63) is 81.7 Å². The van der Waals surface area contributed by atoms with Gasteiger partial charge in [-0.25, -0.2) is 0 Å². The zero-order valence-corrected chi connectivity index (χ0v) is 13.5. The second kappa shape index (κ2) is 6.54. The Labute approximate surface area is 139 Å². The maximum atomic E-state index is 12.2. The number of ketones is 1. The van der Waals surface area contributed by atoms with Crippen molar-refractivity contribution in [3.63, 3.8) is 0 Å². The second-order valence-electron chi connectivity index (χ2n) is 5.57. The molecule has 0 aliphatic carbocycles. The van der Waals surface area contributed by atoms with Gasteiger partial charge >= 0.3 is 0 Å². The number of ether oxygens (including phenoxy) is 1. The molecule has 0 unspecified atom stereocenters. The van der Waals surface area contributed by atoms with E-state index < -0.39 is 0 Å². The molecule has 0 saturated heterocycles. The highest BCUT2D eigenvalue weighted by molar-refractivity contribution is 6.07. The van der Waals surface area contributed by atoms with Crippen molar-refractivity contribution < 1.29 is 9.53 Å². The number of fused-ring (bicyclic) bond motifs is 1. The summed E-state index contributed by atoms with van der Waals surface area (Å²) in [6, 6.07) is 14.5. The van der Waals surface area contributed by atoms with Gasteiger partial charge in [-0.3, -0.25) is 9.59 Å². The molecule has 1 heterocycles. The average molecular weight is 319 g/mol. The molecule has 1 aromatic heterocycles. The lowest BCUT2D eigenvalue weighted by molar-refractivity contribution is 0.104. The molecule has 3 rings (SSSR count). The fourth-order valence-electron chi connectivity index (χ4n) is 2.47. The van der Waals surface area contributed by atoms with Crippen LogP contribution in [-0.4, -0.2) is 17.9 Å². The van der Waals surface area contributed by atoms with E-state index in [1.807, 2.05) is 25.1 Å². The number of benzene rings is 2. The first-order chi connectivity index (χ1) is 11.6. The van der Waals surface area contributed by atoms with E-state index in [0.29, 0.717) is 16.9 Å². The predicted molar refractivity (Wildman–Crippen MR) is 95.7 cm³/mol. The molecule has 0 atom stereocenters. The highest BCUT2D eigenvalue weighted by Crippen LogP contribution is 2.15. The van der Waals surface area contributed by atoms with Crippen LogP contribution in [0.4, 0.5) is 0 Å². The number of carbonyl (C=O) groups excluding carboxylic acids is 1. The van der Waals surface area contributed by atoms with Gasteiger partial charge in [0, 0.05) is 16.6 Å². The molecule has 4 heteroatoms. The highest BCUT2D eigenvalue weighted by atomic mass is 16.5. The van der Waals surface area contributed by atoms with Crippen molar-refractivity contribution in [2.45, 2.75) is 6.92 Å². The molecule has 3 aromatic rings. The fraction of sp³-hybridized carbons (Fsp3) is 0.100. The van der Waals surface area contributed by atoms with Crippen molar-refractivity contribution in [2.24, 2.45) is 0 Å². The first kappa shape index (κ1) is 15.7. The van der Waals surface area contributed by atoms with E-state index in [1.54, 1.807) is 43.5 Å². The van der Waals surface area contributed by atoms with Crippen molar-refractivity contribution in [3.8, 4) is 5.75 Å². The number of pyridine rings is 1. The second-order valence-corrected chi connectivity index (χ2v) is 5.57. The molecule has 4 nitrogen and oxygen atoms in total. The predicted octanol–water partition coefficient (Wildman–Crippen LogP) is 3.74. The number of hydrogen-bond acceptors (Lipinski definition) is 3. The Morgan fingerprint density at radius 1 is 1.08 bits per heavy atom. The van der Waals surface area contributed by atoms with Crippen LogP contribution in [0.2, 0.25) is 0 Å². The van der Waals surface area contributed by atoms with Gasteiger partial charge < -0.3 is 9.72 Å². The summed E-state index contributed by atoms with van der Waals surface area (Å²) in [7, 11) is 1.57. The van der Waals surface area contributed by atoms with Gasteiger partial charge in [-0.15, -0.1) is 0 Å². The van der Waals surface area contributed by atoms with Gasteiger partial charge in [-0.05, 0) is 66.4 Å². The Balaban J connectivity index is 1.89. The first-order valence-corrected chi connectivity index (χ1v) is 7.57. The zero-order valence-electron chi connectivity index (χ0n) is 13.5. The van der Waals surface area contributed by atoms with Gasteiger partial charge in [0.15, 0.2) is 5.78 Å². The molecular formula is C20H17NO3. The molecule has 0 spiro atoms. The van der Waals surface area contributed by atoms with Crippen LogP contribution in [-0.2, 0) is 0 Å². The van der Waals surface area contributed by atoms with E-state index in [1.165, 1.54) is 6.08 Å². The summed E-state index contributed by atoms with van der Waals surface area (Å²) >= 11 is 0. The maximum Gasteiger partial charge on any atom is 0.255 e. The van der Waals surface area contributed by atoms with Gasteiger partial charge in [0.25, 0.3) is 5.56 Å². The van der Waals surface area contributed by atoms with Gasteiger partial charge in [-0.2, -0.15) is 0 Å². The fourth-order valence-corrected chi connectivity index (χ4v) is 2.47. The van der Waals surface area contributed by atoms with E-state index in [2.05, 4.69) is 4.98 Å². The first-order valence-electron chi connectivity index (χ1n) is 7.57. The summed E-state index contributed by atoms with van der Waals surface area (Å²) in [6.45, 7) is 1.97. The van der Waals surface area contributed by atoms with Crippen molar-refractivity contribution in [1.82, 2.24) is 4.98 Å². The Kier molecular flexibility index (Phi) is 4.29. The van der Waals surface area contributed by atoms with Crippen LogP contribution < -0.4 is 10.3 Å². The number of carbonyl (C=O) groups is 1. The number of rotatable bonds is 4. The molecular weight excluding hydrogens is 302 g/mol. The van der Waals surface area contributed by atoms with Gasteiger partial charge in [0.05, 0.1) is 7.11 Å². The molecule has 120 valence electrons. The number of aromatic nitrogens is 1. The van der Waals surface area contributed by atoms with E-state index >= 15 is 0 Å². The largest absolute Gasteiger partial charge is 0.497 e. The average Bonchev–Trinajstić information content (AvgIpc) is 2.59. The van der Waals surface area contributed by atoms with Gasteiger partial charge in [0.1, 0.15) is 5.75 Å². The number of nitrogens with one attached hydrogen (secondary N) is 1. The third-order valence-corrected chi connectivity index (χ3v) is 3.82. The van der Waals surface area contributed by atoms with Crippen molar-refractivity contribution in [2.75, 3.05) is 7.11 Å². The van der Waals surface area contributed by atoms with Crippen molar-refractivity contribution >= 4 is 22.8 Å². The number of H-pyrrole nitrogens is 1. The van der Waals surface area contributed by atoms with Gasteiger partial charge in [0.2, 0.25) is 0 Å². The molecule has 0 amide bonds. The third kappa shape index (κ3) is 3.27. The van der Waals surface area contributed by atoms with Crippen LogP contribution in [0.15, 0.2) is 59.4 Å². The number of hydrogen-bond donors (Lipinski definition) is 1. The summed E-state index contributed by atoms with van der Waals surface area (Å²) in [5.41, 5.74) is 2.65. The molecule has 2 aromatic carbocycles. The summed E-state index contributed by atoms with van der Waals surface area (Å²) in [6.07, 6.45) is 2.96. The summed E-state index contributed by atoms with van der Waals surface area (Å²) in [5, 5.41) is 0.928. The van der Waals surface area contributed by atoms with Crippen LogP contribution in [0, 0.1) is 6.92 Å². The molecule has 0 fully saturated rings. The summed E-state index contributed by atoms with van der Waals surface area (Å²) in [5.74, 6) is 0.526. The molecule has 24 heavy (non-hydrogen) atoms. The van der Waals surface area contributed by atoms with Crippen LogP contribution in [0.25, 0.3) is 17.0 Å². The molecule has 1 N–H and O–H groups in total. The molecule has 0 saturated carbocycles. The minimum Gasteiger partial charge on any atom is -0.497 e. The monoisotopic (exact) mass is 319 g/mol. The normalized spacial score (nSPS) is 11.1. The van der Waals surface area contributed by atoms with Crippen LogP contribution >= 0.6 is 0 Å². The Bertz CT molecular complexity index is 982. The summed E-state index contributed by atoms with van der Waals surface area (Å²) < 4.78 is 5.07. The number of aryl methyl sites for hydroxylation is 1. The lowest BCUT2D eigenvalue weighted by atomic mass is 10.1. The molecule has 0 aliphatic rings. The minimum absolute atomic E-state index is 0.166. The Hall–Kier alpha value is -3.14. The SMILES string of the molecule is COc1ccc(C(=O)/C=C\c2cc3ccc(C)cc3[nH]c2=O)cc1. The lowest BCUT2D eigenvalue weighted by Crippen LogP contribution is -2.09. The number of methoxy groups -OCH3 is 1. The third-order valence-electron chi connectivity index (χ3n) is 3.82. The molecule has 0 bridgehead atoms. The van der Waals surface area contributed by atoms with E-state index in [4.69, 9.17) is 4.74 Å². The van der Waals surface area contributed by atoms with Crippen LogP contribution in [0.1, 0.15) is 21.5 Å². The topological polar surface area (TPSA) is 59.2 Å². The Morgan fingerprint density at radius 3 is 2.54 bits per heavy atom. The standard InChI is InChI=1S/C20H17NO3/c1-13-3-4-15-12-16(20(23)21-18(15)11-13)7-10-19(22)14-5-8-17(24-2)9-6-14/h3-12H,1-2H3,(H,21,23)/b10-7-. The van der Waals surface area contributed by atoms with E-state index in [-0.39, 0.29) is 11.3 Å². The highest BCUT2D eigenvalue weighted by Gasteiger charge is 2.04. The van der Waals surface area contributed by atoms with Crippen molar-refractivity contribution in [1.29, 1.82) is 0 Å². The van der Waals surface area contributed by atoms with Crippen LogP contribution in [0.5, 0.6) is 5.75 Å². The summed E-state index contributed by atoms with van der Waals surface area (Å²) in [4.78, 5) is 27.2. The minimum atomic E-state index is -0.216. The van der Waals surface area contributed by atoms with Crippen LogP contribution in [0.3, 0.4) is 0 Å². The lowest BCUT2D eigenvalue weighted by Gasteiger charge is -2.02.